The fraction of sp³-hybridized carbons (Fsp3) is 0.556. The number of halogens is 1. The summed E-state index contributed by atoms with van der Waals surface area (Å²) in [4.78, 5) is 13.9. The lowest BCUT2D eigenvalue weighted by Gasteiger charge is -2.36. The van der Waals surface area contributed by atoms with Crippen LogP contribution in [0, 0.1) is 0 Å². The lowest BCUT2D eigenvalue weighted by Crippen LogP contribution is -2.53. The molecule has 1 aromatic carbocycles. The van der Waals surface area contributed by atoms with Gasteiger partial charge in [-0.1, -0.05) is 25.5 Å². The first-order valence-corrected chi connectivity index (χ1v) is 8.80. The molecule has 1 heterocycles. The Morgan fingerprint density at radius 3 is 2.56 bits per heavy atom. The van der Waals surface area contributed by atoms with E-state index in [-0.39, 0.29) is 28.9 Å². The first-order chi connectivity index (χ1) is 12.4. The normalized spacial score (nSPS) is 15.5. The van der Waals surface area contributed by atoms with Gasteiger partial charge in [-0.3, -0.25) is 4.84 Å². The highest BCUT2D eigenvalue weighted by Gasteiger charge is 2.32. The van der Waals surface area contributed by atoms with Crippen LogP contribution in [0.3, 0.4) is 0 Å². The van der Waals surface area contributed by atoms with Crippen molar-refractivity contribution in [1.82, 2.24) is 5.06 Å². The fourth-order valence-corrected chi connectivity index (χ4v) is 2.76. The maximum Gasteiger partial charge on any atom is 0.226 e. The highest BCUT2D eigenvalue weighted by molar-refractivity contribution is 8.93. The van der Waals surface area contributed by atoms with Crippen molar-refractivity contribution in [2.45, 2.75) is 45.7 Å². The Kier molecular flexibility index (Phi) is 8.84. The summed E-state index contributed by atoms with van der Waals surface area (Å²) in [7, 11) is 1.65. The van der Waals surface area contributed by atoms with Gasteiger partial charge < -0.3 is 20.9 Å². The van der Waals surface area contributed by atoms with E-state index in [9.17, 15) is 0 Å². The molecule has 1 aliphatic heterocycles. The average molecular weight is 444 g/mol. The topological polar surface area (TPSA) is 108 Å². The van der Waals surface area contributed by atoms with Gasteiger partial charge in [-0.25, -0.2) is 4.99 Å². The molecule has 27 heavy (non-hydrogen) atoms. The summed E-state index contributed by atoms with van der Waals surface area (Å²) in [5, 5.41) is 1.47. The number of hydroxylamine groups is 2. The van der Waals surface area contributed by atoms with Crippen molar-refractivity contribution in [2.75, 3.05) is 20.3 Å². The lowest BCUT2D eigenvalue weighted by atomic mass is 10.1. The number of methoxy groups -OCH3 is 1. The molecule has 0 aliphatic carbocycles. The zero-order valence-electron chi connectivity index (χ0n) is 16.4. The maximum atomic E-state index is 5.96. The summed E-state index contributed by atoms with van der Waals surface area (Å²) in [6.07, 6.45) is 2.65. The van der Waals surface area contributed by atoms with Gasteiger partial charge >= 0.3 is 0 Å². The second kappa shape index (κ2) is 10.4. The predicted molar refractivity (Wildman–Crippen MR) is 113 cm³/mol. The van der Waals surface area contributed by atoms with Crippen molar-refractivity contribution in [3.05, 3.63) is 23.8 Å². The van der Waals surface area contributed by atoms with E-state index in [2.05, 4.69) is 23.0 Å². The molecule has 0 aromatic heterocycles. The van der Waals surface area contributed by atoms with Gasteiger partial charge in [0.1, 0.15) is 0 Å². The summed E-state index contributed by atoms with van der Waals surface area (Å²) in [6, 6.07) is 5.95. The third-order valence-electron chi connectivity index (χ3n) is 3.88. The van der Waals surface area contributed by atoms with E-state index in [1.807, 2.05) is 26.0 Å². The molecule has 8 nitrogen and oxygen atoms in total. The highest BCUT2D eigenvalue weighted by atomic mass is 79.9. The summed E-state index contributed by atoms with van der Waals surface area (Å²) < 4.78 is 11.4. The van der Waals surface area contributed by atoms with E-state index in [0.29, 0.717) is 19.6 Å². The van der Waals surface area contributed by atoms with Gasteiger partial charge in [-0.05, 0) is 31.9 Å². The number of hydrogen-bond acceptors (Lipinski definition) is 8. The van der Waals surface area contributed by atoms with Crippen LogP contribution in [0.4, 0.5) is 0 Å². The van der Waals surface area contributed by atoms with Gasteiger partial charge in [0.05, 0.1) is 20.3 Å². The minimum absolute atomic E-state index is 0. The fourth-order valence-electron chi connectivity index (χ4n) is 2.76. The van der Waals surface area contributed by atoms with Crippen LogP contribution in [-0.2, 0) is 11.3 Å². The molecule has 9 heteroatoms. The number of nitrogens with zero attached hydrogens (tertiary/aromatic N) is 3. The molecule has 0 radical (unpaired) electrons. The Morgan fingerprint density at radius 2 is 1.93 bits per heavy atom. The molecule has 152 valence electrons. The van der Waals surface area contributed by atoms with Crippen LogP contribution in [0.15, 0.2) is 28.2 Å². The highest BCUT2D eigenvalue weighted by Crippen LogP contribution is 2.32. The number of hydrogen-bond donors (Lipinski definition) is 2. The van der Waals surface area contributed by atoms with Gasteiger partial charge in [0.2, 0.25) is 11.9 Å². The van der Waals surface area contributed by atoms with Gasteiger partial charge in [-0.2, -0.15) is 10.1 Å². The third kappa shape index (κ3) is 6.00. The summed E-state index contributed by atoms with van der Waals surface area (Å²) >= 11 is 0. The average Bonchev–Trinajstić information content (AvgIpc) is 2.57. The molecular weight excluding hydrogens is 414 g/mol. The minimum Gasteiger partial charge on any atom is -0.493 e. The van der Waals surface area contributed by atoms with Crippen molar-refractivity contribution < 1.29 is 14.3 Å². The van der Waals surface area contributed by atoms with Crippen LogP contribution in [0.5, 0.6) is 11.5 Å². The van der Waals surface area contributed by atoms with Crippen LogP contribution in [0.2, 0.25) is 0 Å². The molecule has 0 bridgehead atoms. The van der Waals surface area contributed by atoms with E-state index in [0.717, 1.165) is 29.9 Å². The van der Waals surface area contributed by atoms with Gasteiger partial charge in [0.15, 0.2) is 17.2 Å². The van der Waals surface area contributed by atoms with Crippen LogP contribution in [0.1, 0.15) is 39.2 Å². The number of rotatable bonds is 9. The molecule has 0 saturated carbocycles. The van der Waals surface area contributed by atoms with Gasteiger partial charge in [-0.15, -0.1) is 17.0 Å². The smallest absolute Gasteiger partial charge is 0.226 e. The number of aryl methyl sites for hydroxylation is 1. The molecule has 1 aliphatic rings. The van der Waals surface area contributed by atoms with Crippen molar-refractivity contribution >= 4 is 28.9 Å². The van der Waals surface area contributed by atoms with E-state index < -0.39 is 5.66 Å². The molecule has 0 amide bonds. The lowest BCUT2D eigenvalue weighted by molar-refractivity contribution is -0.158. The Labute approximate surface area is 171 Å². The van der Waals surface area contributed by atoms with Crippen molar-refractivity contribution in [3.8, 4) is 11.5 Å². The summed E-state index contributed by atoms with van der Waals surface area (Å²) in [6.45, 7) is 6.74. The van der Waals surface area contributed by atoms with Crippen molar-refractivity contribution in [1.29, 1.82) is 0 Å². The van der Waals surface area contributed by atoms with Crippen LogP contribution in [0.25, 0.3) is 0 Å². The molecular formula is C18H30BrN5O3. The summed E-state index contributed by atoms with van der Waals surface area (Å²) in [5.74, 6) is 1.89. The molecule has 0 spiro atoms. The predicted octanol–water partition coefficient (Wildman–Crippen LogP) is 2.61. The molecule has 4 N–H and O–H groups in total. The van der Waals surface area contributed by atoms with Crippen LogP contribution >= 0.6 is 17.0 Å². The Balaban J connectivity index is 0.00000364. The Morgan fingerprint density at radius 1 is 1.19 bits per heavy atom. The third-order valence-corrected chi connectivity index (χ3v) is 3.88. The number of aliphatic imine (C=N–C) groups is 2. The number of guanidine groups is 2. The Hall–Kier alpha value is -2.00. The molecule has 0 saturated heterocycles. The maximum absolute atomic E-state index is 5.96. The van der Waals surface area contributed by atoms with Crippen molar-refractivity contribution in [3.63, 3.8) is 0 Å². The first kappa shape index (κ1) is 23.0. The monoisotopic (exact) mass is 443 g/mol. The van der Waals surface area contributed by atoms with E-state index in [1.54, 1.807) is 7.11 Å². The molecule has 1 aromatic rings. The quantitative estimate of drug-likeness (QED) is 0.567. The van der Waals surface area contributed by atoms with E-state index in [1.165, 1.54) is 5.06 Å². The number of para-hydroxylation sites is 1. The largest absolute Gasteiger partial charge is 0.493 e. The van der Waals surface area contributed by atoms with Crippen LogP contribution < -0.4 is 20.9 Å². The second-order valence-electron chi connectivity index (χ2n) is 6.46. The van der Waals surface area contributed by atoms with Gasteiger partial charge in [0, 0.05) is 6.42 Å². The van der Waals surface area contributed by atoms with E-state index in [4.69, 9.17) is 25.8 Å². The number of ether oxygens (including phenoxy) is 2. The first-order valence-electron chi connectivity index (χ1n) is 8.80. The molecule has 0 atom stereocenters. The number of nitrogens with two attached hydrogens (primary N) is 2. The molecule has 0 unspecified atom stereocenters. The standard InChI is InChI=1S/C18H29N5O3.BrH/c1-5-8-13-9-6-10-14(24-4)15(13)25-11-7-12-26-23-17(20)21-16(19)22-18(23,2)3;/h6,9-10H,5,7-8,11-12H2,1-4H3,(H4,19,20,21,22);1H. The van der Waals surface area contributed by atoms with Gasteiger partial charge in [0.25, 0.3) is 0 Å². The zero-order chi connectivity index (χ0) is 19.2. The Bertz CT molecular complexity index is 679. The minimum atomic E-state index is -0.701. The summed E-state index contributed by atoms with van der Waals surface area (Å²) in [5.41, 5.74) is 12.0. The van der Waals surface area contributed by atoms with Crippen molar-refractivity contribution in [2.24, 2.45) is 21.5 Å². The zero-order valence-corrected chi connectivity index (χ0v) is 18.1. The molecule has 0 fully saturated rings. The second-order valence-corrected chi connectivity index (χ2v) is 6.46. The van der Waals surface area contributed by atoms with Crippen LogP contribution in [-0.4, -0.2) is 43.0 Å². The van der Waals surface area contributed by atoms with E-state index >= 15 is 0 Å². The number of benzene rings is 1. The SMILES string of the molecule is Br.CCCc1cccc(OC)c1OCCCON1C(N)=NC(N)=NC1(C)C. The molecule has 2 rings (SSSR count).